The topological polar surface area (TPSA) is 35.9 Å². The van der Waals surface area contributed by atoms with Gasteiger partial charge < -0.3 is 14.7 Å². The molecule has 1 heterocycles. The van der Waals surface area contributed by atoms with E-state index in [1.807, 2.05) is 0 Å². The third kappa shape index (κ3) is 2.92. The molecule has 1 N–H and O–H groups in total. The Hall–Kier alpha value is -0.160. The van der Waals surface area contributed by atoms with Gasteiger partial charge in [-0.15, -0.1) is 0 Å². The summed E-state index contributed by atoms with van der Waals surface area (Å²) in [6, 6.07) is 0.834. The van der Waals surface area contributed by atoms with Crippen molar-refractivity contribution in [1.82, 2.24) is 9.80 Å². The van der Waals surface area contributed by atoms with Crippen LogP contribution in [-0.4, -0.2) is 74.0 Å². The average molecular weight is 202 g/mol. The predicted octanol–water partition coefficient (Wildman–Crippen LogP) is -0.370. The second-order valence-corrected chi connectivity index (χ2v) is 4.11. The first-order valence-electron chi connectivity index (χ1n) is 5.23. The Kier molecular flexibility index (Phi) is 4.81. The summed E-state index contributed by atoms with van der Waals surface area (Å²) in [5.41, 5.74) is 0. The van der Waals surface area contributed by atoms with E-state index in [2.05, 4.69) is 23.8 Å². The quantitative estimate of drug-likeness (QED) is 0.675. The van der Waals surface area contributed by atoms with Crippen LogP contribution in [0.15, 0.2) is 0 Å². The van der Waals surface area contributed by atoms with E-state index in [0.29, 0.717) is 6.04 Å². The number of rotatable bonds is 4. The van der Waals surface area contributed by atoms with Crippen molar-refractivity contribution < 1.29 is 9.84 Å². The van der Waals surface area contributed by atoms with Crippen LogP contribution in [0.1, 0.15) is 6.92 Å². The van der Waals surface area contributed by atoms with E-state index in [1.54, 1.807) is 7.11 Å². The van der Waals surface area contributed by atoms with Gasteiger partial charge in [0.2, 0.25) is 0 Å². The predicted molar refractivity (Wildman–Crippen MR) is 56.4 cm³/mol. The average Bonchev–Trinajstić information content (AvgIpc) is 2.19. The maximum absolute atomic E-state index is 9.26. The first-order chi connectivity index (χ1) is 6.69. The highest BCUT2D eigenvalue weighted by atomic mass is 16.5. The number of aliphatic hydroxyl groups is 1. The fourth-order valence-corrected chi connectivity index (χ4v) is 1.91. The van der Waals surface area contributed by atoms with Gasteiger partial charge in [-0.2, -0.15) is 0 Å². The van der Waals surface area contributed by atoms with Crippen LogP contribution in [0.2, 0.25) is 0 Å². The Morgan fingerprint density at radius 1 is 1.43 bits per heavy atom. The summed E-state index contributed by atoms with van der Waals surface area (Å²) in [5, 5.41) is 9.26. The molecular formula is C10H22N2O2. The molecule has 1 aliphatic heterocycles. The van der Waals surface area contributed by atoms with Gasteiger partial charge in [0, 0.05) is 38.8 Å². The molecule has 1 fully saturated rings. The molecule has 4 nitrogen and oxygen atoms in total. The fraction of sp³-hybridized carbons (Fsp3) is 1.00. The van der Waals surface area contributed by atoms with Crippen LogP contribution in [-0.2, 0) is 4.74 Å². The van der Waals surface area contributed by atoms with Gasteiger partial charge in [0.25, 0.3) is 0 Å². The van der Waals surface area contributed by atoms with Crippen molar-refractivity contribution in [3.8, 4) is 0 Å². The summed E-state index contributed by atoms with van der Waals surface area (Å²) in [4.78, 5) is 4.61. The van der Waals surface area contributed by atoms with Gasteiger partial charge in [-0.3, -0.25) is 4.90 Å². The number of methoxy groups -OCH3 is 1. The molecule has 0 aromatic carbocycles. The van der Waals surface area contributed by atoms with E-state index in [-0.39, 0.29) is 12.6 Å². The zero-order valence-corrected chi connectivity index (χ0v) is 9.44. The van der Waals surface area contributed by atoms with Crippen LogP contribution < -0.4 is 0 Å². The van der Waals surface area contributed by atoms with Crippen LogP contribution >= 0.6 is 0 Å². The highest BCUT2D eigenvalue weighted by molar-refractivity contribution is 4.84. The van der Waals surface area contributed by atoms with E-state index in [4.69, 9.17) is 4.74 Å². The summed E-state index contributed by atoms with van der Waals surface area (Å²) < 4.78 is 5.06. The van der Waals surface area contributed by atoms with E-state index in [0.717, 1.165) is 26.2 Å². The van der Waals surface area contributed by atoms with Gasteiger partial charge in [-0.1, -0.05) is 0 Å². The molecule has 0 aromatic heterocycles. The second kappa shape index (κ2) is 5.66. The molecule has 14 heavy (non-hydrogen) atoms. The van der Waals surface area contributed by atoms with Gasteiger partial charge in [0.05, 0.1) is 13.2 Å². The summed E-state index contributed by atoms with van der Waals surface area (Å²) in [5.74, 6) is 0. The van der Waals surface area contributed by atoms with Crippen LogP contribution in [0.3, 0.4) is 0 Å². The molecule has 0 spiro atoms. The first-order valence-corrected chi connectivity index (χ1v) is 5.23. The number of likely N-dealkylation sites (N-methyl/N-ethyl adjacent to an activating group) is 1. The number of nitrogens with zero attached hydrogens (tertiary/aromatic N) is 2. The molecule has 0 aromatic rings. The van der Waals surface area contributed by atoms with Crippen molar-refractivity contribution in [2.45, 2.75) is 19.0 Å². The zero-order valence-electron chi connectivity index (χ0n) is 9.44. The SMILES string of the molecule is COCCN1CC(C)N(C)CC1CO. The highest BCUT2D eigenvalue weighted by Crippen LogP contribution is 2.12. The number of hydrogen-bond donors (Lipinski definition) is 1. The third-order valence-corrected chi connectivity index (χ3v) is 3.06. The van der Waals surface area contributed by atoms with Gasteiger partial charge >= 0.3 is 0 Å². The lowest BCUT2D eigenvalue weighted by atomic mass is 10.1. The maximum Gasteiger partial charge on any atom is 0.0599 e. The second-order valence-electron chi connectivity index (χ2n) is 4.11. The van der Waals surface area contributed by atoms with Crippen molar-refractivity contribution in [1.29, 1.82) is 0 Å². The normalized spacial score (nSPS) is 30.9. The van der Waals surface area contributed by atoms with Gasteiger partial charge in [-0.05, 0) is 14.0 Å². The minimum Gasteiger partial charge on any atom is -0.395 e. The molecule has 2 atom stereocenters. The molecule has 0 bridgehead atoms. The Morgan fingerprint density at radius 2 is 2.14 bits per heavy atom. The van der Waals surface area contributed by atoms with Gasteiger partial charge in [-0.25, -0.2) is 0 Å². The van der Waals surface area contributed by atoms with E-state index in [1.165, 1.54) is 0 Å². The largest absolute Gasteiger partial charge is 0.395 e. The summed E-state index contributed by atoms with van der Waals surface area (Å²) >= 11 is 0. The smallest absolute Gasteiger partial charge is 0.0599 e. The van der Waals surface area contributed by atoms with Gasteiger partial charge in [0.1, 0.15) is 0 Å². The van der Waals surface area contributed by atoms with Crippen molar-refractivity contribution in [3.05, 3.63) is 0 Å². The molecular weight excluding hydrogens is 180 g/mol. The fourth-order valence-electron chi connectivity index (χ4n) is 1.91. The molecule has 0 saturated carbocycles. The molecule has 1 saturated heterocycles. The van der Waals surface area contributed by atoms with E-state index < -0.39 is 0 Å². The number of piperazine rings is 1. The molecule has 0 amide bonds. The molecule has 0 radical (unpaired) electrons. The monoisotopic (exact) mass is 202 g/mol. The van der Waals surface area contributed by atoms with E-state index in [9.17, 15) is 5.11 Å². The Balaban J connectivity index is 2.45. The lowest BCUT2D eigenvalue weighted by molar-refractivity contribution is 0.00896. The summed E-state index contributed by atoms with van der Waals surface area (Å²) in [7, 11) is 3.83. The number of aliphatic hydroxyl groups excluding tert-OH is 1. The Labute approximate surface area is 86.4 Å². The molecule has 0 aliphatic carbocycles. The number of hydrogen-bond acceptors (Lipinski definition) is 4. The van der Waals surface area contributed by atoms with E-state index >= 15 is 0 Å². The summed E-state index contributed by atoms with van der Waals surface area (Å²) in [6.07, 6.45) is 0. The van der Waals surface area contributed by atoms with Crippen molar-refractivity contribution in [2.24, 2.45) is 0 Å². The van der Waals surface area contributed by atoms with Crippen LogP contribution in [0, 0.1) is 0 Å². The number of ether oxygens (including phenoxy) is 1. The lowest BCUT2D eigenvalue weighted by Crippen LogP contribution is -2.57. The van der Waals surface area contributed by atoms with Crippen molar-refractivity contribution >= 4 is 0 Å². The zero-order chi connectivity index (χ0) is 10.6. The third-order valence-electron chi connectivity index (χ3n) is 3.06. The molecule has 1 rings (SSSR count). The first kappa shape index (κ1) is 11.9. The Bertz CT molecular complexity index is 166. The summed E-state index contributed by atoms with van der Waals surface area (Å²) in [6.45, 7) is 6.08. The minimum absolute atomic E-state index is 0.237. The van der Waals surface area contributed by atoms with Crippen LogP contribution in [0.4, 0.5) is 0 Å². The maximum atomic E-state index is 9.26. The standard InChI is InChI=1S/C10H22N2O2/c1-9-6-12(4-5-14-3)10(8-13)7-11(9)2/h9-10,13H,4-8H2,1-3H3. The molecule has 4 heteroatoms. The van der Waals surface area contributed by atoms with Crippen molar-refractivity contribution in [2.75, 3.05) is 47.0 Å². The van der Waals surface area contributed by atoms with Gasteiger partial charge in [0.15, 0.2) is 0 Å². The Morgan fingerprint density at radius 3 is 2.71 bits per heavy atom. The minimum atomic E-state index is 0.237. The molecule has 84 valence electrons. The molecule has 2 unspecified atom stereocenters. The van der Waals surface area contributed by atoms with Crippen LogP contribution in [0.5, 0.6) is 0 Å². The molecule has 1 aliphatic rings. The lowest BCUT2D eigenvalue weighted by Gasteiger charge is -2.43. The highest BCUT2D eigenvalue weighted by Gasteiger charge is 2.28. The van der Waals surface area contributed by atoms with Crippen molar-refractivity contribution in [3.63, 3.8) is 0 Å². The van der Waals surface area contributed by atoms with Crippen LogP contribution in [0.25, 0.3) is 0 Å².